The molecule has 17 heavy (non-hydrogen) atoms. The molecule has 88 valence electrons. The third-order valence-corrected chi connectivity index (χ3v) is 2.39. The van der Waals surface area contributed by atoms with Gasteiger partial charge in [-0.25, -0.2) is 4.98 Å². The van der Waals surface area contributed by atoms with E-state index in [1.807, 2.05) is 13.0 Å². The maximum atomic E-state index is 11.0. The van der Waals surface area contributed by atoms with Crippen molar-refractivity contribution in [1.82, 2.24) is 9.97 Å². The third kappa shape index (κ3) is 2.84. The molecule has 2 aromatic rings. The Morgan fingerprint density at radius 3 is 3.00 bits per heavy atom. The topological polar surface area (TPSA) is 83.8 Å². The molecule has 0 bridgehead atoms. The molecule has 0 saturated heterocycles. The maximum Gasteiger partial charge on any atom is 0.248 e. The lowest BCUT2D eigenvalue weighted by atomic mass is 10.2. The van der Waals surface area contributed by atoms with Gasteiger partial charge in [-0.1, -0.05) is 6.07 Å². The number of hydrogen-bond acceptors (Lipinski definition) is 3. The van der Waals surface area contributed by atoms with Gasteiger partial charge in [0.15, 0.2) is 0 Å². The summed E-state index contributed by atoms with van der Waals surface area (Å²) in [5.41, 5.74) is 7.55. The second-order valence-corrected chi connectivity index (χ2v) is 3.79. The minimum absolute atomic E-state index is 0.425. The lowest BCUT2D eigenvalue weighted by Crippen LogP contribution is -2.11. The highest BCUT2D eigenvalue weighted by Gasteiger charge is 2.01. The summed E-state index contributed by atoms with van der Waals surface area (Å²) in [5.74, 6) is 0.457. The van der Waals surface area contributed by atoms with E-state index in [2.05, 4.69) is 15.3 Å². The number of hydrogen-bond donors (Lipinski definition) is 3. The highest BCUT2D eigenvalue weighted by molar-refractivity contribution is 5.93. The Bertz CT molecular complexity index is 533. The number of rotatable bonds is 4. The number of anilines is 1. The molecule has 0 radical (unpaired) electrons. The Labute approximate surface area is 99.1 Å². The summed E-state index contributed by atoms with van der Waals surface area (Å²) < 4.78 is 0. The van der Waals surface area contributed by atoms with Gasteiger partial charge in [0.05, 0.1) is 18.4 Å². The number of amides is 1. The number of benzene rings is 1. The van der Waals surface area contributed by atoms with Crippen LogP contribution >= 0.6 is 0 Å². The summed E-state index contributed by atoms with van der Waals surface area (Å²) in [7, 11) is 0. The molecule has 1 aromatic carbocycles. The summed E-state index contributed by atoms with van der Waals surface area (Å²) in [5, 5.41) is 3.19. The molecular weight excluding hydrogens is 216 g/mol. The van der Waals surface area contributed by atoms with E-state index in [1.54, 1.807) is 24.4 Å². The predicted molar refractivity (Wildman–Crippen MR) is 65.6 cm³/mol. The van der Waals surface area contributed by atoms with Crippen molar-refractivity contribution < 1.29 is 4.79 Å². The first-order valence-electron chi connectivity index (χ1n) is 5.29. The van der Waals surface area contributed by atoms with Crippen molar-refractivity contribution in [2.24, 2.45) is 5.73 Å². The number of aromatic nitrogens is 2. The van der Waals surface area contributed by atoms with Gasteiger partial charge in [0, 0.05) is 11.3 Å². The van der Waals surface area contributed by atoms with Gasteiger partial charge in [-0.2, -0.15) is 0 Å². The third-order valence-electron chi connectivity index (χ3n) is 2.39. The molecule has 1 aromatic heterocycles. The average molecular weight is 230 g/mol. The Hall–Kier alpha value is -2.30. The number of imidazole rings is 1. The van der Waals surface area contributed by atoms with Crippen molar-refractivity contribution in [2.75, 3.05) is 5.32 Å². The molecule has 5 heteroatoms. The van der Waals surface area contributed by atoms with Crippen LogP contribution in [-0.2, 0) is 6.54 Å². The molecule has 5 nitrogen and oxygen atoms in total. The lowest BCUT2D eigenvalue weighted by Gasteiger charge is -2.05. The molecule has 0 spiro atoms. The number of nitrogens with one attached hydrogen (secondary N) is 2. The van der Waals surface area contributed by atoms with Gasteiger partial charge in [-0.15, -0.1) is 0 Å². The number of carbonyl (C=O) groups excluding carboxylic acids is 1. The number of primary amides is 1. The Morgan fingerprint density at radius 2 is 2.35 bits per heavy atom. The summed E-state index contributed by atoms with van der Waals surface area (Å²) in [6.07, 6.45) is 1.78. The van der Waals surface area contributed by atoms with E-state index in [0.717, 1.165) is 17.2 Å². The monoisotopic (exact) mass is 230 g/mol. The number of aromatic amines is 1. The fourth-order valence-electron chi connectivity index (χ4n) is 1.54. The number of nitrogens with zero attached hydrogens (tertiary/aromatic N) is 1. The van der Waals surface area contributed by atoms with Crippen molar-refractivity contribution >= 4 is 11.6 Å². The molecule has 0 saturated carbocycles. The Balaban J connectivity index is 2.04. The van der Waals surface area contributed by atoms with E-state index < -0.39 is 5.91 Å². The van der Waals surface area contributed by atoms with E-state index in [0.29, 0.717) is 12.1 Å². The van der Waals surface area contributed by atoms with Crippen LogP contribution in [0.25, 0.3) is 0 Å². The molecular formula is C12H14N4O. The van der Waals surface area contributed by atoms with E-state index in [9.17, 15) is 4.79 Å². The summed E-state index contributed by atoms with van der Waals surface area (Å²) in [4.78, 5) is 18.2. The van der Waals surface area contributed by atoms with Crippen LogP contribution in [0.3, 0.4) is 0 Å². The predicted octanol–water partition coefficient (Wildman–Crippen LogP) is 1.43. The molecule has 0 unspecified atom stereocenters. The smallest absolute Gasteiger partial charge is 0.248 e. The Morgan fingerprint density at radius 1 is 1.53 bits per heavy atom. The SMILES string of the molecule is Cc1ncc(CNc2cccc(C(N)=O)c2)[nH]1. The number of carbonyl (C=O) groups is 1. The number of nitrogens with two attached hydrogens (primary N) is 1. The molecule has 1 amide bonds. The van der Waals surface area contributed by atoms with Crippen molar-refractivity contribution in [3.8, 4) is 0 Å². The zero-order chi connectivity index (χ0) is 12.3. The van der Waals surface area contributed by atoms with Crippen molar-refractivity contribution in [3.05, 3.63) is 47.5 Å². The molecule has 0 aliphatic heterocycles. The molecule has 1 heterocycles. The lowest BCUT2D eigenvalue weighted by molar-refractivity contribution is 0.100. The highest BCUT2D eigenvalue weighted by atomic mass is 16.1. The van der Waals surface area contributed by atoms with Gasteiger partial charge >= 0.3 is 0 Å². The second-order valence-electron chi connectivity index (χ2n) is 3.79. The molecule has 4 N–H and O–H groups in total. The van der Waals surface area contributed by atoms with Crippen LogP contribution in [0.15, 0.2) is 30.5 Å². The zero-order valence-electron chi connectivity index (χ0n) is 9.53. The van der Waals surface area contributed by atoms with Gasteiger partial charge in [0.25, 0.3) is 0 Å². The van der Waals surface area contributed by atoms with Gasteiger partial charge < -0.3 is 16.0 Å². The molecule has 0 aliphatic rings. The fourth-order valence-corrected chi connectivity index (χ4v) is 1.54. The van der Waals surface area contributed by atoms with E-state index >= 15 is 0 Å². The maximum absolute atomic E-state index is 11.0. The van der Waals surface area contributed by atoms with E-state index in [4.69, 9.17) is 5.73 Å². The van der Waals surface area contributed by atoms with Crippen LogP contribution in [0.2, 0.25) is 0 Å². The summed E-state index contributed by atoms with van der Waals surface area (Å²) in [6, 6.07) is 7.09. The van der Waals surface area contributed by atoms with Crippen LogP contribution in [-0.4, -0.2) is 15.9 Å². The fraction of sp³-hybridized carbons (Fsp3) is 0.167. The van der Waals surface area contributed by atoms with Crippen LogP contribution < -0.4 is 11.1 Å². The zero-order valence-corrected chi connectivity index (χ0v) is 9.53. The number of aryl methyl sites for hydroxylation is 1. The second kappa shape index (κ2) is 4.69. The molecule has 0 fully saturated rings. The minimum Gasteiger partial charge on any atom is -0.379 e. The van der Waals surface area contributed by atoms with Crippen LogP contribution in [0.4, 0.5) is 5.69 Å². The van der Waals surface area contributed by atoms with Crippen LogP contribution in [0, 0.1) is 6.92 Å². The van der Waals surface area contributed by atoms with Crippen LogP contribution in [0.1, 0.15) is 21.9 Å². The van der Waals surface area contributed by atoms with Gasteiger partial charge in [-0.05, 0) is 25.1 Å². The molecule has 0 atom stereocenters. The van der Waals surface area contributed by atoms with Crippen molar-refractivity contribution in [2.45, 2.75) is 13.5 Å². The number of H-pyrrole nitrogens is 1. The first kappa shape index (κ1) is 11.2. The minimum atomic E-state index is -0.425. The van der Waals surface area contributed by atoms with Gasteiger partial charge in [0.2, 0.25) is 5.91 Å². The van der Waals surface area contributed by atoms with Gasteiger partial charge in [0.1, 0.15) is 5.82 Å². The van der Waals surface area contributed by atoms with E-state index in [-0.39, 0.29) is 0 Å². The highest BCUT2D eigenvalue weighted by Crippen LogP contribution is 2.11. The summed E-state index contributed by atoms with van der Waals surface area (Å²) in [6.45, 7) is 2.53. The van der Waals surface area contributed by atoms with Crippen molar-refractivity contribution in [3.63, 3.8) is 0 Å². The van der Waals surface area contributed by atoms with Crippen molar-refractivity contribution in [1.29, 1.82) is 0 Å². The quantitative estimate of drug-likeness (QED) is 0.742. The normalized spacial score (nSPS) is 10.2. The average Bonchev–Trinajstić information content (AvgIpc) is 2.73. The first-order valence-corrected chi connectivity index (χ1v) is 5.29. The van der Waals surface area contributed by atoms with E-state index in [1.165, 1.54) is 0 Å². The van der Waals surface area contributed by atoms with Crippen LogP contribution in [0.5, 0.6) is 0 Å². The Kier molecular flexibility index (Phi) is 3.09. The largest absolute Gasteiger partial charge is 0.379 e. The first-order chi connectivity index (χ1) is 8.15. The molecule has 0 aliphatic carbocycles. The van der Waals surface area contributed by atoms with Gasteiger partial charge in [-0.3, -0.25) is 4.79 Å². The summed E-state index contributed by atoms with van der Waals surface area (Å²) >= 11 is 0. The standard InChI is InChI=1S/C12H14N4O/c1-8-14-6-11(16-8)7-15-10-4-2-3-9(5-10)12(13)17/h2-6,15H,7H2,1H3,(H2,13,17)(H,14,16). The molecule has 2 rings (SSSR count).